The molecule has 0 saturated carbocycles. The first kappa shape index (κ1) is 23.8. The molecule has 0 amide bonds. The van der Waals surface area contributed by atoms with E-state index in [4.69, 9.17) is 14.1 Å². The van der Waals surface area contributed by atoms with Crippen molar-refractivity contribution in [2.75, 3.05) is 0 Å². The molecule has 0 aliphatic carbocycles. The molecule has 2 aliphatic heterocycles. The lowest BCUT2D eigenvalue weighted by atomic mass is 9.79. The molecule has 4 nitrogen and oxygen atoms in total. The highest BCUT2D eigenvalue weighted by molar-refractivity contribution is 6.45. The fraction of sp³-hybridized carbons (Fsp3) is 0.760. The van der Waals surface area contributed by atoms with Gasteiger partial charge in [-0.1, -0.05) is 30.3 Å². The van der Waals surface area contributed by atoms with Crippen LogP contribution in [-0.2, 0) is 20.6 Å². The van der Waals surface area contributed by atoms with Crippen molar-refractivity contribution in [2.24, 2.45) is 0 Å². The highest BCUT2D eigenvalue weighted by atomic mass is 16.7. The van der Waals surface area contributed by atoms with E-state index in [-0.39, 0.29) is 35.5 Å². The van der Waals surface area contributed by atoms with E-state index in [1.165, 1.54) is 12.0 Å². The molecule has 2 saturated heterocycles. The third-order valence-corrected chi connectivity index (χ3v) is 7.29. The molecule has 5 heteroatoms. The smallest absolute Gasteiger partial charge is 0.403 e. The Morgan fingerprint density at radius 3 is 1.97 bits per heavy atom. The van der Waals surface area contributed by atoms with Crippen LogP contribution in [0.25, 0.3) is 0 Å². The molecule has 30 heavy (non-hydrogen) atoms. The minimum Gasteiger partial charge on any atom is -0.403 e. The number of hydroxylamine groups is 2. The first-order valence-corrected chi connectivity index (χ1v) is 11.7. The number of hydrogen-bond donors (Lipinski definition) is 0. The van der Waals surface area contributed by atoms with E-state index in [0.29, 0.717) is 0 Å². The van der Waals surface area contributed by atoms with Crippen LogP contribution in [0.15, 0.2) is 30.3 Å². The monoisotopic (exact) mass is 415 g/mol. The summed E-state index contributed by atoms with van der Waals surface area (Å²) in [5.41, 5.74) is 0.749. The molecule has 1 aromatic carbocycles. The first-order valence-electron chi connectivity index (χ1n) is 11.7. The Hall–Kier alpha value is -0.875. The molecule has 1 atom stereocenters. The van der Waals surface area contributed by atoms with Gasteiger partial charge in [0.15, 0.2) is 0 Å². The largest absolute Gasteiger partial charge is 0.460 e. The summed E-state index contributed by atoms with van der Waals surface area (Å²) in [5.74, 6) is 0. The maximum atomic E-state index is 6.82. The van der Waals surface area contributed by atoms with Gasteiger partial charge in [0.25, 0.3) is 0 Å². The van der Waals surface area contributed by atoms with E-state index in [1.807, 2.05) is 0 Å². The molecule has 2 heterocycles. The van der Waals surface area contributed by atoms with Crippen molar-refractivity contribution in [1.82, 2.24) is 5.06 Å². The Balaban J connectivity index is 1.75. The van der Waals surface area contributed by atoms with Crippen molar-refractivity contribution in [3.8, 4) is 0 Å². The molecule has 0 N–H and O–H groups in total. The molecule has 1 aromatic rings. The third kappa shape index (κ3) is 5.30. The van der Waals surface area contributed by atoms with Crippen LogP contribution in [-0.4, -0.2) is 40.6 Å². The zero-order valence-electron chi connectivity index (χ0n) is 20.5. The molecular formula is C25H42BNO3. The van der Waals surface area contributed by atoms with Crippen LogP contribution < -0.4 is 0 Å². The number of hydrogen-bond acceptors (Lipinski definition) is 4. The molecule has 0 spiro atoms. The van der Waals surface area contributed by atoms with E-state index in [0.717, 1.165) is 32.0 Å². The second-order valence-corrected chi connectivity index (χ2v) is 11.4. The summed E-state index contributed by atoms with van der Waals surface area (Å²) in [6.07, 6.45) is 6.25. The number of rotatable bonds is 7. The summed E-state index contributed by atoms with van der Waals surface area (Å²) in [6, 6.07) is 10.7. The predicted octanol–water partition coefficient (Wildman–Crippen LogP) is 6.05. The minimum absolute atomic E-state index is 0.0165. The summed E-state index contributed by atoms with van der Waals surface area (Å²) in [5, 5.41) is 2.28. The van der Waals surface area contributed by atoms with Gasteiger partial charge in [-0.15, -0.1) is 0 Å². The van der Waals surface area contributed by atoms with Crippen molar-refractivity contribution >= 4 is 7.12 Å². The van der Waals surface area contributed by atoms with Crippen LogP contribution in [0.2, 0.25) is 6.32 Å². The minimum atomic E-state index is -0.314. The molecule has 0 bridgehead atoms. The SMILES string of the molecule is CC1(C)CCCC(C)(C)N1OC(CCc1ccccc1)CB1OC(C)(C)C(C)(C)O1. The van der Waals surface area contributed by atoms with Gasteiger partial charge in [0, 0.05) is 17.4 Å². The van der Waals surface area contributed by atoms with Crippen LogP contribution in [0.4, 0.5) is 0 Å². The van der Waals surface area contributed by atoms with Gasteiger partial charge in [0.2, 0.25) is 0 Å². The molecule has 2 aliphatic rings. The van der Waals surface area contributed by atoms with E-state index in [2.05, 4.69) is 90.8 Å². The molecule has 2 fully saturated rings. The number of nitrogens with zero attached hydrogens (tertiary/aromatic N) is 1. The lowest BCUT2D eigenvalue weighted by Crippen LogP contribution is -2.59. The lowest BCUT2D eigenvalue weighted by molar-refractivity contribution is -0.302. The first-order chi connectivity index (χ1) is 13.8. The summed E-state index contributed by atoms with van der Waals surface area (Å²) in [6.45, 7) is 17.7. The zero-order chi connectivity index (χ0) is 22.2. The van der Waals surface area contributed by atoms with E-state index in [9.17, 15) is 0 Å². The average molecular weight is 415 g/mol. The van der Waals surface area contributed by atoms with Gasteiger partial charge in [0.1, 0.15) is 0 Å². The number of aryl methyl sites for hydroxylation is 1. The summed E-state index contributed by atoms with van der Waals surface area (Å²) >= 11 is 0. The van der Waals surface area contributed by atoms with Crippen LogP contribution in [0.5, 0.6) is 0 Å². The van der Waals surface area contributed by atoms with Crippen LogP contribution >= 0.6 is 0 Å². The third-order valence-electron chi connectivity index (χ3n) is 7.29. The van der Waals surface area contributed by atoms with Gasteiger partial charge in [-0.05, 0) is 93.1 Å². The van der Waals surface area contributed by atoms with E-state index in [1.54, 1.807) is 0 Å². The Bertz CT molecular complexity index is 670. The summed E-state index contributed by atoms with van der Waals surface area (Å²) in [7, 11) is -0.244. The fourth-order valence-electron chi connectivity index (χ4n) is 4.87. The van der Waals surface area contributed by atoms with Gasteiger partial charge >= 0.3 is 7.12 Å². The van der Waals surface area contributed by atoms with Crippen molar-refractivity contribution in [2.45, 2.75) is 122 Å². The highest BCUT2D eigenvalue weighted by Gasteiger charge is 2.52. The van der Waals surface area contributed by atoms with Gasteiger partial charge in [-0.25, -0.2) is 0 Å². The topological polar surface area (TPSA) is 30.9 Å². The van der Waals surface area contributed by atoms with E-state index < -0.39 is 0 Å². The Morgan fingerprint density at radius 1 is 0.900 bits per heavy atom. The second-order valence-electron chi connectivity index (χ2n) is 11.4. The average Bonchev–Trinajstić information content (AvgIpc) is 2.82. The molecule has 168 valence electrons. The fourth-order valence-corrected chi connectivity index (χ4v) is 4.87. The Morgan fingerprint density at radius 2 is 1.43 bits per heavy atom. The van der Waals surface area contributed by atoms with Crippen molar-refractivity contribution in [3.63, 3.8) is 0 Å². The summed E-state index contributed by atoms with van der Waals surface area (Å²) in [4.78, 5) is 6.82. The molecular weight excluding hydrogens is 373 g/mol. The Kier molecular flexibility index (Phi) is 6.80. The van der Waals surface area contributed by atoms with Crippen molar-refractivity contribution in [3.05, 3.63) is 35.9 Å². The van der Waals surface area contributed by atoms with Crippen LogP contribution in [0, 0.1) is 0 Å². The van der Waals surface area contributed by atoms with Gasteiger partial charge in [-0.3, -0.25) is 4.84 Å². The highest BCUT2D eigenvalue weighted by Crippen LogP contribution is 2.41. The van der Waals surface area contributed by atoms with Gasteiger partial charge in [0.05, 0.1) is 17.3 Å². The lowest BCUT2D eigenvalue weighted by Gasteiger charge is -2.52. The normalized spacial score (nSPS) is 25.9. The quantitative estimate of drug-likeness (QED) is 0.507. The van der Waals surface area contributed by atoms with Crippen molar-refractivity contribution < 1.29 is 14.1 Å². The molecule has 3 rings (SSSR count). The van der Waals surface area contributed by atoms with Gasteiger partial charge < -0.3 is 9.31 Å². The van der Waals surface area contributed by atoms with Crippen LogP contribution in [0.3, 0.4) is 0 Å². The summed E-state index contributed by atoms with van der Waals surface area (Å²) < 4.78 is 12.6. The molecule has 1 unspecified atom stereocenters. The molecule has 0 radical (unpaired) electrons. The second kappa shape index (κ2) is 8.57. The van der Waals surface area contributed by atoms with Gasteiger partial charge in [-0.2, -0.15) is 5.06 Å². The van der Waals surface area contributed by atoms with E-state index >= 15 is 0 Å². The number of piperidine rings is 1. The maximum absolute atomic E-state index is 6.82. The maximum Gasteiger partial charge on any atom is 0.460 e. The van der Waals surface area contributed by atoms with Crippen LogP contribution in [0.1, 0.15) is 86.6 Å². The Labute approximate surface area is 184 Å². The molecule has 0 aromatic heterocycles. The number of benzene rings is 1. The zero-order valence-corrected chi connectivity index (χ0v) is 20.5. The van der Waals surface area contributed by atoms with Crippen molar-refractivity contribution in [1.29, 1.82) is 0 Å². The predicted molar refractivity (Wildman–Crippen MR) is 124 cm³/mol. The standard InChI is InChI=1S/C25H42BNO3/c1-22(2)17-12-18-23(3,4)27(22)28-21(16-15-20-13-10-9-11-14-20)19-26-29-24(5,6)25(7,8)30-26/h9-11,13-14,21H,12,15-19H2,1-8H3.